The van der Waals surface area contributed by atoms with Crippen molar-refractivity contribution < 1.29 is 14.6 Å². The van der Waals surface area contributed by atoms with Crippen LogP contribution in [0.5, 0.6) is 0 Å². The molecule has 7 heteroatoms. The maximum absolute atomic E-state index is 11.2. The van der Waals surface area contributed by atoms with Gasteiger partial charge in [-0.3, -0.25) is 9.55 Å². The van der Waals surface area contributed by atoms with Crippen LogP contribution in [0.1, 0.15) is 10.5 Å². The molecule has 1 aromatic heterocycles. The van der Waals surface area contributed by atoms with Crippen LogP contribution in [0.25, 0.3) is 0 Å². The molecule has 78 valence electrons. The van der Waals surface area contributed by atoms with E-state index in [2.05, 4.69) is 4.98 Å². The summed E-state index contributed by atoms with van der Waals surface area (Å²) in [6, 6.07) is 0. The second-order valence-corrected chi connectivity index (χ2v) is 2.64. The van der Waals surface area contributed by atoms with E-state index in [-0.39, 0.29) is 24.7 Å². The number of ether oxygens (including phenoxy) is 1. The van der Waals surface area contributed by atoms with Crippen LogP contribution in [-0.4, -0.2) is 34.3 Å². The summed E-state index contributed by atoms with van der Waals surface area (Å²) in [6.45, 7) is 0.405. The Morgan fingerprint density at radius 3 is 2.86 bits per heavy atom. The fourth-order valence-electron chi connectivity index (χ4n) is 1.12. The van der Waals surface area contributed by atoms with Crippen LogP contribution in [-0.2, 0) is 11.3 Å². The maximum Gasteiger partial charge on any atom is 0.356 e. The molecule has 0 amide bonds. The summed E-state index contributed by atoms with van der Waals surface area (Å²) < 4.78 is 5.77. The van der Waals surface area contributed by atoms with Crippen molar-refractivity contribution in [2.24, 2.45) is 0 Å². The fourth-order valence-corrected chi connectivity index (χ4v) is 1.12. The van der Waals surface area contributed by atoms with Gasteiger partial charge in [-0.15, -0.1) is 0 Å². The van der Waals surface area contributed by atoms with E-state index in [1.807, 2.05) is 0 Å². The second kappa shape index (κ2) is 3.97. The van der Waals surface area contributed by atoms with Gasteiger partial charge < -0.3 is 15.6 Å². The molecule has 0 aliphatic rings. The molecule has 0 spiro atoms. The highest BCUT2D eigenvalue weighted by Gasteiger charge is 2.17. The first-order valence-electron chi connectivity index (χ1n) is 3.88. The van der Waals surface area contributed by atoms with Crippen LogP contribution in [0.4, 0.5) is 5.82 Å². The highest BCUT2D eigenvalue weighted by atomic mass is 16.5. The third-order valence-corrected chi connectivity index (χ3v) is 1.73. The van der Waals surface area contributed by atoms with Gasteiger partial charge in [-0.2, -0.15) is 0 Å². The van der Waals surface area contributed by atoms with Gasteiger partial charge in [-0.1, -0.05) is 0 Å². The number of aromatic amines is 1. The Hall–Kier alpha value is -1.76. The number of carboxylic acid groups (broad SMARTS) is 1. The molecule has 14 heavy (non-hydrogen) atoms. The smallest absolute Gasteiger partial charge is 0.356 e. The van der Waals surface area contributed by atoms with Crippen molar-refractivity contribution in [2.75, 3.05) is 19.5 Å². The van der Waals surface area contributed by atoms with Gasteiger partial charge in [0.15, 0.2) is 5.69 Å². The zero-order valence-corrected chi connectivity index (χ0v) is 7.61. The van der Waals surface area contributed by atoms with E-state index in [9.17, 15) is 9.59 Å². The molecule has 1 rings (SSSR count). The van der Waals surface area contributed by atoms with Crippen LogP contribution in [0.15, 0.2) is 4.79 Å². The lowest BCUT2D eigenvalue weighted by Crippen LogP contribution is -2.23. The Labute approximate surface area is 79.1 Å². The molecule has 1 heterocycles. The van der Waals surface area contributed by atoms with Crippen molar-refractivity contribution in [1.29, 1.82) is 0 Å². The van der Waals surface area contributed by atoms with Crippen LogP contribution in [0.3, 0.4) is 0 Å². The van der Waals surface area contributed by atoms with E-state index >= 15 is 0 Å². The number of methoxy groups -OCH3 is 1. The first-order chi connectivity index (χ1) is 6.57. The van der Waals surface area contributed by atoms with Gasteiger partial charge in [0.05, 0.1) is 13.2 Å². The zero-order chi connectivity index (χ0) is 10.7. The molecule has 7 nitrogen and oxygen atoms in total. The molecule has 1 aromatic rings. The van der Waals surface area contributed by atoms with Crippen molar-refractivity contribution in [3.8, 4) is 0 Å². The van der Waals surface area contributed by atoms with Gasteiger partial charge in [0, 0.05) is 7.11 Å². The van der Waals surface area contributed by atoms with Gasteiger partial charge >= 0.3 is 11.7 Å². The first-order valence-corrected chi connectivity index (χ1v) is 3.88. The van der Waals surface area contributed by atoms with Gasteiger partial charge in [-0.05, 0) is 0 Å². The molecule has 0 saturated carbocycles. The average molecular weight is 201 g/mol. The van der Waals surface area contributed by atoms with Gasteiger partial charge in [0.2, 0.25) is 0 Å². The van der Waals surface area contributed by atoms with Crippen molar-refractivity contribution in [3.05, 3.63) is 16.2 Å². The summed E-state index contributed by atoms with van der Waals surface area (Å²) in [7, 11) is 1.46. The predicted molar refractivity (Wildman–Crippen MR) is 48.3 cm³/mol. The lowest BCUT2D eigenvalue weighted by Gasteiger charge is -2.02. The number of hydrogen-bond donors (Lipinski definition) is 3. The lowest BCUT2D eigenvalue weighted by molar-refractivity contribution is 0.0683. The highest BCUT2D eigenvalue weighted by molar-refractivity contribution is 5.90. The number of H-pyrrole nitrogens is 1. The minimum atomic E-state index is -1.24. The molecule has 0 bridgehead atoms. The number of rotatable bonds is 4. The number of aromatic nitrogens is 2. The molecule has 0 radical (unpaired) electrons. The molecular weight excluding hydrogens is 190 g/mol. The molecule has 0 aliphatic heterocycles. The summed E-state index contributed by atoms with van der Waals surface area (Å²) in [4.78, 5) is 24.1. The van der Waals surface area contributed by atoms with E-state index in [0.717, 1.165) is 4.57 Å². The number of carbonyl (C=O) groups is 1. The van der Waals surface area contributed by atoms with Crippen LogP contribution in [0.2, 0.25) is 0 Å². The quantitative estimate of drug-likeness (QED) is 0.584. The lowest BCUT2D eigenvalue weighted by atomic mass is 10.4. The molecule has 0 fully saturated rings. The van der Waals surface area contributed by atoms with Crippen molar-refractivity contribution >= 4 is 11.8 Å². The molecule has 0 unspecified atom stereocenters. The fraction of sp³-hybridized carbons (Fsp3) is 0.429. The topological polar surface area (TPSA) is 110 Å². The van der Waals surface area contributed by atoms with E-state index in [1.165, 1.54) is 7.11 Å². The minimum Gasteiger partial charge on any atom is -0.476 e. The number of aromatic carboxylic acids is 1. The summed E-state index contributed by atoms with van der Waals surface area (Å²) in [5, 5.41) is 8.76. The Kier molecular flexibility index (Phi) is 2.92. The van der Waals surface area contributed by atoms with E-state index in [1.54, 1.807) is 0 Å². The third kappa shape index (κ3) is 1.77. The molecular formula is C7H11N3O4. The third-order valence-electron chi connectivity index (χ3n) is 1.73. The summed E-state index contributed by atoms with van der Waals surface area (Å²) >= 11 is 0. The van der Waals surface area contributed by atoms with Gasteiger partial charge in [-0.25, -0.2) is 9.59 Å². The monoisotopic (exact) mass is 201 g/mol. The molecule has 0 aliphatic carbocycles. The van der Waals surface area contributed by atoms with Crippen molar-refractivity contribution in [1.82, 2.24) is 9.55 Å². The van der Waals surface area contributed by atoms with E-state index < -0.39 is 11.7 Å². The predicted octanol–water partition coefficient (Wildman–Crippen LogP) is -0.897. The number of nitrogen functional groups attached to an aromatic ring is 1. The summed E-state index contributed by atoms with van der Waals surface area (Å²) in [5.74, 6) is -1.38. The molecule has 4 N–H and O–H groups in total. The Balaban J connectivity index is 3.12. The SMILES string of the molecule is COCCn1c(C(=O)O)c(N)[nH]c1=O. The number of nitrogens with zero attached hydrogens (tertiary/aromatic N) is 1. The highest BCUT2D eigenvalue weighted by Crippen LogP contribution is 2.05. The number of anilines is 1. The number of nitrogens with two attached hydrogens (primary N) is 1. The van der Waals surface area contributed by atoms with Crippen LogP contribution >= 0.6 is 0 Å². The molecule has 0 saturated heterocycles. The zero-order valence-electron chi connectivity index (χ0n) is 7.61. The minimum absolute atomic E-state index is 0.140. The summed E-state index contributed by atoms with van der Waals surface area (Å²) in [6.07, 6.45) is 0. The largest absolute Gasteiger partial charge is 0.476 e. The maximum atomic E-state index is 11.2. The Bertz CT molecular complexity index is 392. The average Bonchev–Trinajstić information content (AvgIpc) is 2.37. The number of hydrogen-bond acceptors (Lipinski definition) is 4. The van der Waals surface area contributed by atoms with Crippen LogP contribution < -0.4 is 11.4 Å². The van der Waals surface area contributed by atoms with Gasteiger partial charge in [0.25, 0.3) is 0 Å². The Morgan fingerprint density at radius 1 is 1.71 bits per heavy atom. The van der Waals surface area contributed by atoms with Gasteiger partial charge in [0.1, 0.15) is 5.82 Å². The van der Waals surface area contributed by atoms with Crippen LogP contribution in [0, 0.1) is 0 Å². The number of imidazole rings is 1. The molecule has 0 atom stereocenters. The first kappa shape index (κ1) is 10.3. The normalized spacial score (nSPS) is 10.4. The summed E-state index contributed by atoms with van der Waals surface area (Å²) in [5.41, 5.74) is 4.54. The van der Waals surface area contributed by atoms with E-state index in [4.69, 9.17) is 15.6 Å². The second-order valence-electron chi connectivity index (χ2n) is 2.64. The molecule has 0 aromatic carbocycles. The van der Waals surface area contributed by atoms with Crippen molar-refractivity contribution in [2.45, 2.75) is 6.54 Å². The van der Waals surface area contributed by atoms with E-state index in [0.29, 0.717) is 0 Å². The van der Waals surface area contributed by atoms with Crippen molar-refractivity contribution in [3.63, 3.8) is 0 Å². The Morgan fingerprint density at radius 2 is 2.36 bits per heavy atom. The standard InChI is InChI=1S/C7H11N3O4/c1-14-3-2-10-4(6(11)12)5(8)9-7(10)13/h2-3,8H2,1H3,(H,9,13)(H,11,12). The number of nitrogens with one attached hydrogen (secondary N) is 1. The number of carboxylic acids is 1.